The van der Waals surface area contributed by atoms with Crippen molar-refractivity contribution >= 4 is 17.4 Å². The zero-order valence-electron chi connectivity index (χ0n) is 10.9. The normalized spacial score (nSPS) is 15.3. The Morgan fingerprint density at radius 3 is 2.94 bits per heavy atom. The van der Waals surface area contributed by atoms with Crippen LogP contribution in [-0.4, -0.2) is 16.5 Å². The smallest absolute Gasteiger partial charge is 0.137 e. The molecule has 1 aliphatic carbocycles. The third-order valence-corrected chi connectivity index (χ3v) is 3.70. The van der Waals surface area contributed by atoms with Gasteiger partial charge in [0.05, 0.1) is 0 Å². The summed E-state index contributed by atoms with van der Waals surface area (Å²) in [4.78, 5) is 8.28. The Morgan fingerprint density at radius 1 is 1.33 bits per heavy atom. The average molecular weight is 266 g/mol. The van der Waals surface area contributed by atoms with E-state index in [0.717, 1.165) is 30.8 Å². The molecule has 0 amide bonds. The summed E-state index contributed by atoms with van der Waals surface area (Å²) in [6.45, 7) is 2.99. The molecule has 4 heteroatoms. The fraction of sp³-hybridized carbons (Fsp3) is 0.571. The van der Waals surface area contributed by atoms with Crippen LogP contribution in [0.4, 0.5) is 5.82 Å². The molecule has 0 bridgehead atoms. The van der Waals surface area contributed by atoms with Gasteiger partial charge in [0.2, 0.25) is 0 Å². The quantitative estimate of drug-likeness (QED) is 0.646. The van der Waals surface area contributed by atoms with Crippen molar-refractivity contribution in [3.05, 3.63) is 28.7 Å². The van der Waals surface area contributed by atoms with Crippen molar-refractivity contribution in [2.24, 2.45) is 0 Å². The van der Waals surface area contributed by atoms with Crippen molar-refractivity contribution in [2.45, 2.75) is 45.4 Å². The van der Waals surface area contributed by atoms with Gasteiger partial charge in [-0.2, -0.15) is 0 Å². The summed E-state index contributed by atoms with van der Waals surface area (Å²) in [5, 5.41) is 3.94. The highest BCUT2D eigenvalue weighted by molar-refractivity contribution is 6.30. The fourth-order valence-corrected chi connectivity index (χ4v) is 2.60. The molecule has 18 heavy (non-hydrogen) atoms. The number of hydrogen-bond donors (Lipinski definition) is 1. The van der Waals surface area contributed by atoms with Crippen molar-refractivity contribution in [3.63, 3.8) is 0 Å². The molecule has 1 aromatic rings. The second-order valence-electron chi connectivity index (χ2n) is 4.63. The molecule has 1 aromatic heterocycles. The van der Waals surface area contributed by atoms with Gasteiger partial charge in [0.1, 0.15) is 17.3 Å². The third-order valence-electron chi connectivity index (χ3n) is 3.37. The Labute approximate surface area is 114 Å². The highest BCUT2D eigenvalue weighted by atomic mass is 35.5. The number of anilines is 1. The van der Waals surface area contributed by atoms with Crippen LogP contribution in [0.1, 0.15) is 44.6 Å². The minimum Gasteiger partial charge on any atom is -0.369 e. The second-order valence-corrected chi connectivity index (χ2v) is 4.99. The molecule has 0 fully saturated rings. The van der Waals surface area contributed by atoms with E-state index in [4.69, 9.17) is 11.6 Å². The highest BCUT2D eigenvalue weighted by Crippen LogP contribution is 2.22. The van der Waals surface area contributed by atoms with Crippen molar-refractivity contribution in [1.29, 1.82) is 0 Å². The van der Waals surface area contributed by atoms with E-state index in [1.54, 1.807) is 5.57 Å². The van der Waals surface area contributed by atoms with Crippen LogP contribution < -0.4 is 5.32 Å². The number of halogens is 1. The largest absolute Gasteiger partial charge is 0.369 e. The summed E-state index contributed by atoms with van der Waals surface area (Å²) in [7, 11) is 0. The lowest BCUT2D eigenvalue weighted by atomic mass is 9.97. The predicted molar refractivity (Wildman–Crippen MR) is 76.1 cm³/mol. The number of nitrogens with one attached hydrogen (secondary N) is 1. The van der Waals surface area contributed by atoms with Crippen LogP contribution in [0, 0.1) is 0 Å². The summed E-state index contributed by atoms with van der Waals surface area (Å²) < 4.78 is 0. The number of allylic oxidation sites excluding steroid dienone is 1. The SMILES string of the molecule is CCc1c(Cl)ncnc1NCCC1=CCCCC1. The van der Waals surface area contributed by atoms with Gasteiger partial charge in [-0.25, -0.2) is 9.97 Å². The van der Waals surface area contributed by atoms with Gasteiger partial charge in [-0.3, -0.25) is 0 Å². The van der Waals surface area contributed by atoms with Crippen LogP contribution in [-0.2, 0) is 6.42 Å². The van der Waals surface area contributed by atoms with Gasteiger partial charge < -0.3 is 5.32 Å². The van der Waals surface area contributed by atoms with Crippen LogP contribution in [0.25, 0.3) is 0 Å². The van der Waals surface area contributed by atoms with E-state index in [0.29, 0.717) is 5.15 Å². The van der Waals surface area contributed by atoms with E-state index in [2.05, 4.69) is 28.3 Å². The summed E-state index contributed by atoms with van der Waals surface area (Å²) in [6, 6.07) is 0. The van der Waals surface area contributed by atoms with E-state index >= 15 is 0 Å². The minimum absolute atomic E-state index is 0.562. The van der Waals surface area contributed by atoms with Crippen molar-refractivity contribution in [1.82, 2.24) is 9.97 Å². The average Bonchev–Trinajstić information content (AvgIpc) is 2.40. The Kier molecular flexibility index (Phi) is 5.00. The van der Waals surface area contributed by atoms with Gasteiger partial charge in [0.15, 0.2) is 0 Å². The van der Waals surface area contributed by atoms with Crippen LogP contribution in [0.2, 0.25) is 5.15 Å². The zero-order chi connectivity index (χ0) is 12.8. The monoisotopic (exact) mass is 265 g/mol. The van der Waals surface area contributed by atoms with Crippen molar-refractivity contribution in [2.75, 3.05) is 11.9 Å². The first-order valence-electron chi connectivity index (χ1n) is 6.72. The molecule has 0 atom stereocenters. The Bertz CT molecular complexity index is 429. The van der Waals surface area contributed by atoms with Crippen LogP contribution in [0.5, 0.6) is 0 Å². The minimum atomic E-state index is 0.562. The number of hydrogen-bond acceptors (Lipinski definition) is 3. The van der Waals surface area contributed by atoms with Gasteiger partial charge >= 0.3 is 0 Å². The highest BCUT2D eigenvalue weighted by Gasteiger charge is 2.08. The second kappa shape index (κ2) is 6.74. The van der Waals surface area contributed by atoms with Crippen LogP contribution in [0.3, 0.4) is 0 Å². The first kappa shape index (κ1) is 13.3. The molecule has 0 aliphatic heterocycles. The topological polar surface area (TPSA) is 37.8 Å². The van der Waals surface area contributed by atoms with E-state index < -0.39 is 0 Å². The van der Waals surface area contributed by atoms with Gasteiger partial charge in [-0.15, -0.1) is 0 Å². The molecule has 1 heterocycles. The molecule has 2 rings (SSSR count). The molecule has 3 nitrogen and oxygen atoms in total. The van der Waals surface area contributed by atoms with Gasteiger partial charge in [-0.05, 0) is 38.5 Å². The molecular formula is C14H20ClN3. The zero-order valence-corrected chi connectivity index (χ0v) is 11.6. The first-order valence-corrected chi connectivity index (χ1v) is 7.10. The van der Waals surface area contributed by atoms with Gasteiger partial charge in [0, 0.05) is 12.1 Å². The molecule has 0 unspecified atom stereocenters. The lowest BCUT2D eigenvalue weighted by Crippen LogP contribution is -2.08. The number of aromatic nitrogens is 2. The fourth-order valence-electron chi connectivity index (χ4n) is 2.33. The number of nitrogens with zero attached hydrogens (tertiary/aromatic N) is 2. The lowest BCUT2D eigenvalue weighted by molar-refractivity contribution is 0.679. The van der Waals surface area contributed by atoms with E-state index in [-0.39, 0.29) is 0 Å². The summed E-state index contributed by atoms with van der Waals surface area (Å²) in [5.41, 5.74) is 2.59. The molecule has 0 radical (unpaired) electrons. The summed E-state index contributed by atoms with van der Waals surface area (Å²) >= 11 is 6.05. The third kappa shape index (κ3) is 3.45. The summed E-state index contributed by atoms with van der Waals surface area (Å²) in [5.74, 6) is 0.883. The van der Waals surface area contributed by atoms with E-state index in [1.165, 1.54) is 32.0 Å². The maximum atomic E-state index is 6.05. The maximum absolute atomic E-state index is 6.05. The molecule has 0 saturated carbocycles. The molecule has 0 aromatic carbocycles. The van der Waals surface area contributed by atoms with E-state index in [9.17, 15) is 0 Å². The molecular weight excluding hydrogens is 246 g/mol. The van der Waals surface area contributed by atoms with E-state index in [1.807, 2.05) is 0 Å². The van der Waals surface area contributed by atoms with Crippen LogP contribution in [0.15, 0.2) is 18.0 Å². The Balaban J connectivity index is 1.90. The lowest BCUT2D eigenvalue weighted by Gasteiger charge is -2.14. The molecule has 1 N–H and O–H groups in total. The maximum Gasteiger partial charge on any atom is 0.137 e. The standard InChI is InChI=1S/C14H20ClN3/c1-2-12-13(15)17-10-18-14(12)16-9-8-11-6-4-3-5-7-11/h6,10H,2-5,7-9H2,1H3,(H,16,17,18). The van der Waals surface area contributed by atoms with Crippen LogP contribution >= 0.6 is 11.6 Å². The number of rotatable bonds is 5. The van der Waals surface area contributed by atoms with Gasteiger partial charge in [-0.1, -0.05) is 30.2 Å². The molecule has 1 aliphatic rings. The molecule has 0 saturated heterocycles. The summed E-state index contributed by atoms with van der Waals surface area (Å²) in [6.07, 6.45) is 11.0. The first-order chi connectivity index (χ1) is 8.81. The van der Waals surface area contributed by atoms with Crippen molar-refractivity contribution in [3.8, 4) is 0 Å². The Hall–Kier alpha value is -1.09. The van der Waals surface area contributed by atoms with Crippen molar-refractivity contribution < 1.29 is 0 Å². The van der Waals surface area contributed by atoms with Gasteiger partial charge in [0.25, 0.3) is 0 Å². The predicted octanol–water partition coefficient (Wildman–Crippen LogP) is 3.99. The molecule has 0 spiro atoms. The molecule has 98 valence electrons. The Morgan fingerprint density at radius 2 is 2.22 bits per heavy atom.